The standard InChI is InChI=1S/C20H20N2O3/c1-13-4-6-15(7-5-13)12-22-19(23)17(21-20(22)24)11-16-8-9-18(25-3)14(2)10-16/h4-11H,12H2,1-3H3,(H,21,24)/b17-11+. The van der Waals surface area contributed by atoms with Crippen LogP contribution >= 0.6 is 0 Å². The van der Waals surface area contributed by atoms with Crippen LogP contribution in [0.4, 0.5) is 4.79 Å². The van der Waals surface area contributed by atoms with E-state index < -0.39 is 6.03 Å². The molecule has 1 aliphatic heterocycles. The van der Waals surface area contributed by atoms with Crippen molar-refractivity contribution in [1.29, 1.82) is 0 Å². The average Bonchev–Trinajstić information content (AvgIpc) is 2.84. The molecule has 0 bridgehead atoms. The lowest BCUT2D eigenvalue weighted by atomic mass is 10.1. The summed E-state index contributed by atoms with van der Waals surface area (Å²) in [5, 5.41) is 2.65. The van der Waals surface area contributed by atoms with Crippen LogP contribution in [0.3, 0.4) is 0 Å². The third-order valence-electron chi connectivity index (χ3n) is 4.15. The van der Waals surface area contributed by atoms with Crippen molar-refractivity contribution >= 4 is 18.0 Å². The fourth-order valence-corrected chi connectivity index (χ4v) is 2.75. The Kier molecular flexibility index (Phi) is 4.57. The summed E-state index contributed by atoms with van der Waals surface area (Å²) in [6, 6.07) is 13.0. The topological polar surface area (TPSA) is 58.6 Å². The van der Waals surface area contributed by atoms with Gasteiger partial charge in [-0.1, -0.05) is 35.9 Å². The molecule has 1 aliphatic rings. The van der Waals surface area contributed by atoms with Gasteiger partial charge < -0.3 is 10.1 Å². The minimum atomic E-state index is -0.401. The van der Waals surface area contributed by atoms with Gasteiger partial charge in [-0.3, -0.25) is 9.69 Å². The largest absolute Gasteiger partial charge is 0.496 e. The fraction of sp³-hybridized carbons (Fsp3) is 0.200. The van der Waals surface area contributed by atoms with Crippen molar-refractivity contribution in [2.24, 2.45) is 0 Å². The Labute approximate surface area is 146 Å². The molecule has 2 aromatic rings. The van der Waals surface area contributed by atoms with E-state index in [1.54, 1.807) is 13.2 Å². The number of hydrogen-bond donors (Lipinski definition) is 1. The second-order valence-electron chi connectivity index (χ2n) is 6.09. The average molecular weight is 336 g/mol. The number of carbonyl (C=O) groups excluding carboxylic acids is 2. The van der Waals surface area contributed by atoms with E-state index in [-0.39, 0.29) is 18.1 Å². The number of rotatable bonds is 4. The summed E-state index contributed by atoms with van der Waals surface area (Å²) < 4.78 is 5.23. The maximum absolute atomic E-state index is 12.5. The molecule has 3 amide bonds. The summed E-state index contributed by atoms with van der Waals surface area (Å²) in [4.78, 5) is 25.9. The van der Waals surface area contributed by atoms with Crippen LogP contribution in [-0.2, 0) is 11.3 Å². The minimum absolute atomic E-state index is 0.254. The van der Waals surface area contributed by atoms with Crippen molar-refractivity contribution < 1.29 is 14.3 Å². The lowest BCUT2D eigenvalue weighted by Gasteiger charge is -2.11. The molecule has 0 spiro atoms. The molecule has 1 N–H and O–H groups in total. The number of hydrogen-bond acceptors (Lipinski definition) is 3. The van der Waals surface area contributed by atoms with E-state index in [2.05, 4.69) is 5.32 Å². The number of nitrogens with zero attached hydrogens (tertiary/aromatic N) is 1. The quantitative estimate of drug-likeness (QED) is 0.688. The first kappa shape index (κ1) is 16.8. The Balaban J connectivity index is 1.80. The molecule has 0 aromatic heterocycles. The number of amides is 3. The zero-order valence-corrected chi connectivity index (χ0v) is 14.5. The summed E-state index contributed by atoms with van der Waals surface area (Å²) in [6.45, 7) is 4.18. The molecule has 5 heteroatoms. The van der Waals surface area contributed by atoms with Crippen LogP contribution < -0.4 is 10.1 Å². The molecule has 25 heavy (non-hydrogen) atoms. The lowest BCUT2D eigenvalue weighted by molar-refractivity contribution is -0.123. The Morgan fingerprint density at radius 2 is 1.80 bits per heavy atom. The van der Waals surface area contributed by atoms with Gasteiger partial charge in [0, 0.05) is 0 Å². The maximum Gasteiger partial charge on any atom is 0.329 e. The third kappa shape index (κ3) is 3.55. The van der Waals surface area contributed by atoms with Crippen LogP contribution in [0.1, 0.15) is 22.3 Å². The molecule has 0 saturated carbocycles. The summed E-state index contributed by atoms with van der Waals surface area (Å²) in [5.74, 6) is 0.462. The maximum atomic E-state index is 12.5. The van der Waals surface area contributed by atoms with Crippen molar-refractivity contribution in [2.75, 3.05) is 7.11 Å². The zero-order valence-electron chi connectivity index (χ0n) is 14.5. The van der Waals surface area contributed by atoms with Gasteiger partial charge in [0.1, 0.15) is 11.4 Å². The Morgan fingerprint density at radius 3 is 2.44 bits per heavy atom. The van der Waals surface area contributed by atoms with E-state index in [4.69, 9.17) is 4.74 Å². The van der Waals surface area contributed by atoms with Crippen LogP contribution in [0.5, 0.6) is 5.75 Å². The highest BCUT2D eigenvalue weighted by molar-refractivity contribution is 6.13. The predicted molar refractivity (Wildman–Crippen MR) is 96.0 cm³/mol. The summed E-state index contributed by atoms with van der Waals surface area (Å²) in [6.07, 6.45) is 1.68. The van der Waals surface area contributed by atoms with E-state index in [9.17, 15) is 9.59 Å². The number of carbonyl (C=O) groups is 2. The SMILES string of the molecule is COc1ccc(/C=C2/NC(=O)N(Cc3ccc(C)cc3)C2=O)cc1C. The molecule has 1 fully saturated rings. The zero-order chi connectivity index (χ0) is 18.0. The van der Waals surface area contributed by atoms with Gasteiger partial charge in [-0.05, 0) is 48.7 Å². The summed E-state index contributed by atoms with van der Waals surface area (Å²) in [7, 11) is 1.62. The monoisotopic (exact) mass is 336 g/mol. The summed E-state index contributed by atoms with van der Waals surface area (Å²) >= 11 is 0. The van der Waals surface area contributed by atoms with Gasteiger partial charge >= 0.3 is 6.03 Å². The van der Waals surface area contributed by atoms with Crippen molar-refractivity contribution in [1.82, 2.24) is 10.2 Å². The molecule has 0 radical (unpaired) electrons. The van der Waals surface area contributed by atoms with E-state index in [1.165, 1.54) is 4.90 Å². The van der Waals surface area contributed by atoms with Crippen molar-refractivity contribution in [3.8, 4) is 5.75 Å². The molecule has 0 aliphatic carbocycles. The Bertz CT molecular complexity index is 854. The van der Waals surface area contributed by atoms with Crippen LogP contribution in [0.25, 0.3) is 6.08 Å². The molecular weight excluding hydrogens is 316 g/mol. The highest BCUT2D eigenvalue weighted by Gasteiger charge is 2.33. The number of urea groups is 1. The molecule has 3 rings (SSSR count). The van der Waals surface area contributed by atoms with Crippen LogP contribution in [0.2, 0.25) is 0 Å². The van der Waals surface area contributed by atoms with E-state index >= 15 is 0 Å². The summed E-state index contributed by atoms with van der Waals surface area (Å²) in [5.41, 5.74) is 4.12. The van der Waals surface area contributed by atoms with E-state index in [0.717, 1.165) is 28.0 Å². The molecule has 2 aromatic carbocycles. The van der Waals surface area contributed by atoms with Gasteiger partial charge in [-0.25, -0.2) is 4.79 Å². The predicted octanol–water partition coefficient (Wildman–Crippen LogP) is 3.40. The molecule has 128 valence electrons. The van der Waals surface area contributed by atoms with Gasteiger partial charge in [0.2, 0.25) is 0 Å². The molecule has 0 unspecified atom stereocenters. The molecule has 1 heterocycles. The molecular formula is C20H20N2O3. The van der Waals surface area contributed by atoms with Crippen LogP contribution in [-0.4, -0.2) is 23.9 Å². The first-order chi connectivity index (χ1) is 12.0. The van der Waals surface area contributed by atoms with Crippen molar-refractivity contribution in [3.63, 3.8) is 0 Å². The second kappa shape index (κ2) is 6.81. The van der Waals surface area contributed by atoms with Gasteiger partial charge in [-0.2, -0.15) is 0 Å². The highest BCUT2D eigenvalue weighted by atomic mass is 16.5. The Hall–Kier alpha value is -3.08. The van der Waals surface area contributed by atoms with Crippen molar-refractivity contribution in [2.45, 2.75) is 20.4 Å². The van der Waals surface area contributed by atoms with Gasteiger partial charge in [-0.15, -0.1) is 0 Å². The van der Waals surface area contributed by atoms with Crippen molar-refractivity contribution in [3.05, 3.63) is 70.4 Å². The number of aryl methyl sites for hydroxylation is 2. The fourth-order valence-electron chi connectivity index (χ4n) is 2.75. The number of benzene rings is 2. The number of imide groups is 1. The normalized spacial score (nSPS) is 15.6. The van der Waals surface area contributed by atoms with Gasteiger partial charge in [0.25, 0.3) is 5.91 Å². The van der Waals surface area contributed by atoms with Gasteiger partial charge in [0.15, 0.2) is 0 Å². The van der Waals surface area contributed by atoms with E-state index in [0.29, 0.717) is 0 Å². The van der Waals surface area contributed by atoms with Crippen LogP contribution in [0, 0.1) is 13.8 Å². The molecule has 0 atom stereocenters. The minimum Gasteiger partial charge on any atom is -0.496 e. The number of ether oxygens (including phenoxy) is 1. The van der Waals surface area contributed by atoms with Crippen LogP contribution in [0.15, 0.2) is 48.2 Å². The Morgan fingerprint density at radius 1 is 1.08 bits per heavy atom. The number of nitrogens with one attached hydrogen (secondary N) is 1. The highest BCUT2D eigenvalue weighted by Crippen LogP contribution is 2.22. The number of methoxy groups -OCH3 is 1. The second-order valence-corrected chi connectivity index (χ2v) is 6.09. The molecule has 5 nitrogen and oxygen atoms in total. The lowest BCUT2D eigenvalue weighted by Crippen LogP contribution is -2.30. The first-order valence-corrected chi connectivity index (χ1v) is 8.02. The molecule has 1 saturated heterocycles. The van der Waals surface area contributed by atoms with Gasteiger partial charge in [0.05, 0.1) is 13.7 Å². The smallest absolute Gasteiger partial charge is 0.329 e. The van der Waals surface area contributed by atoms with E-state index in [1.807, 2.05) is 56.3 Å². The first-order valence-electron chi connectivity index (χ1n) is 8.02. The third-order valence-corrected chi connectivity index (χ3v) is 4.15.